The van der Waals surface area contributed by atoms with E-state index in [4.69, 9.17) is 0 Å². The third-order valence-electron chi connectivity index (χ3n) is 2.97. The summed E-state index contributed by atoms with van der Waals surface area (Å²) in [6.07, 6.45) is 2.54. The van der Waals surface area contributed by atoms with Crippen LogP contribution in [-0.4, -0.2) is 48.0 Å². The van der Waals surface area contributed by atoms with E-state index < -0.39 is 0 Å². The number of hydrogen-bond acceptors (Lipinski definition) is 3. The van der Waals surface area contributed by atoms with Gasteiger partial charge in [-0.15, -0.1) is 0 Å². The van der Waals surface area contributed by atoms with Crippen molar-refractivity contribution in [2.45, 2.75) is 6.42 Å². The number of benzene rings is 1. The average molecular weight is 246 g/mol. The van der Waals surface area contributed by atoms with Crippen molar-refractivity contribution in [3.05, 3.63) is 30.1 Å². The zero-order chi connectivity index (χ0) is 13.0. The number of fused-ring (bicyclic) bond motifs is 1. The molecule has 0 aliphatic rings. The lowest BCUT2D eigenvalue weighted by molar-refractivity contribution is -0.128. The van der Waals surface area contributed by atoms with Gasteiger partial charge in [-0.3, -0.25) is 4.79 Å². The van der Waals surface area contributed by atoms with Gasteiger partial charge in [0.05, 0.1) is 23.9 Å². The molecular formula is C13H18N4O. The number of amides is 1. The molecule has 0 fully saturated rings. The molecule has 2 aromatic rings. The first-order chi connectivity index (χ1) is 8.70. The maximum absolute atomic E-state index is 11.6. The Morgan fingerprint density at radius 1 is 1.50 bits per heavy atom. The molecule has 5 heteroatoms. The Kier molecular flexibility index (Phi) is 3.94. The molecular weight excluding hydrogens is 228 g/mol. The van der Waals surface area contributed by atoms with Gasteiger partial charge in [0.15, 0.2) is 0 Å². The van der Waals surface area contributed by atoms with Gasteiger partial charge in [-0.2, -0.15) is 0 Å². The fourth-order valence-corrected chi connectivity index (χ4v) is 1.85. The van der Waals surface area contributed by atoms with Crippen molar-refractivity contribution in [2.24, 2.45) is 0 Å². The van der Waals surface area contributed by atoms with Crippen LogP contribution in [0, 0.1) is 0 Å². The normalized spacial score (nSPS) is 10.8. The highest BCUT2D eigenvalue weighted by molar-refractivity contribution is 5.78. The Balaban J connectivity index is 1.95. The molecule has 96 valence electrons. The Morgan fingerprint density at radius 2 is 2.33 bits per heavy atom. The molecule has 0 aliphatic carbocycles. The van der Waals surface area contributed by atoms with Gasteiger partial charge in [0.25, 0.3) is 0 Å². The predicted molar refractivity (Wildman–Crippen MR) is 71.4 cm³/mol. The van der Waals surface area contributed by atoms with Gasteiger partial charge in [-0.05, 0) is 31.2 Å². The third-order valence-corrected chi connectivity index (χ3v) is 2.97. The van der Waals surface area contributed by atoms with Crippen LogP contribution in [-0.2, 0) is 11.2 Å². The van der Waals surface area contributed by atoms with Crippen molar-refractivity contribution in [1.29, 1.82) is 0 Å². The van der Waals surface area contributed by atoms with Crippen molar-refractivity contribution in [3.63, 3.8) is 0 Å². The van der Waals surface area contributed by atoms with Gasteiger partial charge < -0.3 is 15.2 Å². The number of aromatic nitrogens is 2. The van der Waals surface area contributed by atoms with E-state index in [2.05, 4.69) is 27.4 Å². The van der Waals surface area contributed by atoms with Gasteiger partial charge in [-0.1, -0.05) is 6.07 Å². The first-order valence-electron chi connectivity index (χ1n) is 6.01. The topological polar surface area (TPSA) is 61.0 Å². The highest BCUT2D eigenvalue weighted by atomic mass is 16.2. The Morgan fingerprint density at radius 3 is 3.11 bits per heavy atom. The van der Waals surface area contributed by atoms with Gasteiger partial charge in [0.2, 0.25) is 5.91 Å². The lowest BCUT2D eigenvalue weighted by Crippen LogP contribution is -2.35. The van der Waals surface area contributed by atoms with Crippen LogP contribution in [0.5, 0.6) is 0 Å². The summed E-state index contributed by atoms with van der Waals surface area (Å²) < 4.78 is 0. The standard InChI is InChI=1S/C13H18N4O/c1-14-8-13(18)17(2)6-5-10-3-4-11-12(7-10)16-9-15-11/h3-4,7,9,14H,5-6,8H2,1-2H3,(H,15,16). The van der Waals surface area contributed by atoms with Crippen LogP contribution in [0.4, 0.5) is 0 Å². The molecule has 0 aliphatic heterocycles. The minimum atomic E-state index is 0.111. The van der Waals surface area contributed by atoms with Gasteiger partial charge in [0, 0.05) is 13.6 Å². The molecule has 0 unspecified atom stereocenters. The molecule has 1 aromatic carbocycles. The Hall–Kier alpha value is -1.88. The second-order valence-corrected chi connectivity index (χ2v) is 4.35. The van der Waals surface area contributed by atoms with Crippen molar-refractivity contribution >= 4 is 16.9 Å². The number of aromatic amines is 1. The summed E-state index contributed by atoms with van der Waals surface area (Å²) >= 11 is 0. The number of imidazole rings is 1. The van der Waals surface area contributed by atoms with E-state index in [9.17, 15) is 4.79 Å². The molecule has 2 rings (SSSR count). The van der Waals surface area contributed by atoms with E-state index in [1.54, 1.807) is 18.3 Å². The number of carbonyl (C=O) groups is 1. The zero-order valence-electron chi connectivity index (χ0n) is 10.7. The van der Waals surface area contributed by atoms with E-state index in [1.807, 2.05) is 13.1 Å². The largest absolute Gasteiger partial charge is 0.345 e. The summed E-state index contributed by atoms with van der Waals surface area (Å²) in [5.74, 6) is 0.111. The van der Waals surface area contributed by atoms with Crippen LogP contribution in [0.2, 0.25) is 0 Å². The first kappa shape index (κ1) is 12.6. The maximum atomic E-state index is 11.6. The van der Waals surface area contributed by atoms with E-state index in [0.29, 0.717) is 6.54 Å². The van der Waals surface area contributed by atoms with Crippen molar-refractivity contribution in [3.8, 4) is 0 Å². The van der Waals surface area contributed by atoms with Crippen molar-refractivity contribution in [2.75, 3.05) is 27.2 Å². The molecule has 1 heterocycles. The molecule has 1 amide bonds. The molecule has 0 atom stereocenters. The summed E-state index contributed by atoms with van der Waals surface area (Å²) in [4.78, 5) is 20.6. The van der Waals surface area contributed by atoms with Crippen molar-refractivity contribution < 1.29 is 4.79 Å². The lowest BCUT2D eigenvalue weighted by Gasteiger charge is -2.16. The van der Waals surface area contributed by atoms with Crippen LogP contribution in [0.3, 0.4) is 0 Å². The summed E-state index contributed by atoms with van der Waals surface area (Å²) in [6, 6.07) is 6.13. The fraction of sp³-hybridized carbons (Fsp3) is 0.385. The smallest absolute Gasteiger partial charge is 0.236 e. The SMILES string of the molecule is CNCC(=O)N(C)CCc1ccc2nc[nH]c2c1. The van der Waals surface area contributed by atoms with Gasteiger partial charge >= 0.3 is 0 Å². The minimum Gasteiger partial charge on any atom is -0.345 e. The highest BCUT2D eigenvalue weighted by Crippen LogP contribution is 2.12. The second kappa shape index (κ2) is 5.64. The van der Waals surface area contributed by atoms with E-state index in [1.165, 1.54) is 5.56 Å². The summed E-state index contributed by atoms with van der Waals surface area (Å²) in [6.45, 7) is 1.11. The number of likely N-dealkylation sites (N-methyl/N-ethyl adjacent to an activating group) is 2. The molecule has 5 nitrogen and oxygen atoms in total. The quantitative estimate of drug-likeness (QED) is 0.819. The number of hydrogen-bond donors (Lipinski definition) is 2. The lowest BCUT2D eigenvalue weighted by atomic mass is 10.1. The third kappa shape index (κ3) is 2.87. The fourth-order valence-electron chi connectivity index (χ4n) is 1.85. The molecule has 0 saturated heterocycles. The average Bonchev–Trinajstić information content (AvgIpc) is 2.83. The molecule has 0 spiro atoms. The summed E-state index contributed by atoms with van der Waals surface area (Å²) in [7, 11) is 3.60. The number of rotatable bonds is 5. The first-order valence-corrected chi connectivity index (χ1v) is 6.01. The second-order valence-electron chi connectivity index (χ2n) is 4.35. The maximum Gasteiger partial charge on any atom is 0.236 e. The van der Waals surface area contributed by atoms with E-state index in [0.717, 1.165) is 24.0 Å². The Labute approximate surface area is 106 Å². The number of nitrogens with zero attached hydrogens (tertiary/aromatic N) is 2. The molecule has 1 aromatic heterocycles. The van der Waals surface area contributed by atoms with Crippen LogP contribution < -0.4 is 5.32 Å². The Bertz CT molecular complexity index is 535. The highest BCUT2D eigenvalue weighted by Gasteiger charge is 2.07. The van der Waals surface area contributed by atoms with Crippen LogP contribution >= 0.6 is 0 Å². The zero-order valence-corrected chi connectivity index (χ0v) is 10.7. The van der Waals surface area contributed by atoms with Crippen molar-refractivity contribution in [1.82, 2.24) is 20.2 Å². The van der Waals surface area contributed by atoms with Crippen LogP contribution in [0.25, 0.3) is 11.0 Å². The van der Waals surface area contributed by atoms with E-state index in [-0.39, 0.29) is 5.91 Å². The van der Waals surface area contributed by atoms with E-state index >= 15 is 0 Å². The summed E-state index contributed by atoms with van der Waals surface area (Å²) in [5, 5.41) is 2.86. The van der Waals surface area contributed by atoms with Crippen LogP contribution in [0.15, 0.2) is 24.5 Å². The monoisotopic (exact) mass is 246 g/mol. The molecule has 0 saturated carbocycles. The number of nitrogens with one attached hydrogen (secondary N) is 2. The molecule has 18 heavy (non-hydrogen) atoms. The van der Waals surface area contributed by atoms with Gasteiger partial charge in [0.1, 0.15) is 0 Å². The molecule has 0 radical (unpaired) electrons. The predicted octanol–water partition coefficient (Wildman–Crippen LogP) is 0.783. The number of carbonyl (C=O) groups excluding carboxylic acids is 1. The van der Waals surface area contributed by atoms with Crippen LogP contribution in [0.1, 0.15) is 5.56 Å². The molecule has 0 bridgehead atoms. The number of H-pyrrole nitrogens is 1. The molecule has 2 N–H and O–H groups in total. The summed E-state index contributed by atoms with van der Waals surface area (Å²) in [5.41, 5.74) is 3.21. The van der Waals surface area contributed by atoms with Gasteiger partial charge in [-0.25, -0.2) is 4.98 Å². The minimum absolute atomic E-state index is 0.111.